The molecule has 1 fully saturated rings. The van der Waals surface area contributed by atoms with E-state index >= 15 is 0 Å². The van der Waals surface area contributed by atoms with E-state index in [0.717, 1.165) is 6.42 Å². The van der Waals surface area contributed by atoms with E-state index in [9.17, 15) is 0 Å². The molecule has 168 valence electrons. The zero-order valence-electron chi connectivity index (χ0n) is 19.0. The normalized spacial score (nSPS) is 23.7. The quantitative estimate of drug-likeness (QED) is 0.489. The van der Waals surface area contributed by atoms with E-state index in [2.05, 4.69) is 91.0 Å². The molecule has 5 heteroatoms. The summed E-state index contributed by atoms with van der Waals surface area (Å²) in [7, 11) is 2.99. The van der Waals surface area contributed by atoms with E-state index in [1.165, 1.54) is 15.9 Å². The van der Waals surface area contributed by atoms with Crippen molar-refractivity contribution in [2.75, 3.05) is 27.9 Å². The molecule has 0 spiro atoms. The Morgan fingerprint density at radius 3 is 1.56 bits per heavy atom. The summed E-state index contributed by atoms with van der Waals surface area (Å²) in [6, 6.07) is 32.4. The van der Waals surface area contributed by atoms with Gasteiger partial charge in [0, 0.05) is 27.8 Å². The summed E-state index contributed by atoms with van der Waals surface area (Å²) in [5.41, 5.74) is 0. The Kier molecular flexibility index (Phi) is 7.72. The number of benzene rings is 3. The monoisotopic (exact) mass is 451 g/mol. The highest BCUT2D eigenvalue weighted by Gasteiger charge is 2.58. The lowest BCUT2D eigenvalue weighted by molar-refractivity contribution is -0.180. The summed E-state index contributed by atoms with van der Waals surface area (Å²) in [5.74, 6) is -0.0776. The molecule has 1 aliphatic heterocycles. The highest BCUT2D eigenvalue weighted by molar-refractivity contribution is 7.96. The van der Waals surface area contributed by atoms with E-state index in [4.69, 9.17) is 18.9 Å². The summed E-state index contributed by atoms with van der Waals surface area (Å²) in [4.78, 5) is 0. The molecule has 1 heterocycles. The second-order valence-electron chi connectivity index (χ2n) is 8.02. The predicted molar refractivity (Wildman–Crippen MR) is 132 cm³/mol. The zero-order valence-corrected chi connectivity index (χ0v) is 19.9. The average molecular weight is 452 g/mol. The van der Waals surface area contributed by atoms with Crippen LogP contribution in [0.2, 0.25) is 0 Å². The minimum atomic E-state index is -2.19. The Hall–Kier alpha value is -2.07. The highest BCUT2D eigenvalue weighted by Crippen LogP contribution is 2.62. The molecule has 1 aliphatic rings. The van der Waals surface area contributed by atoms with Crippen LogP contribution in [0.5, 0.6) is 0 Å². The van der Waals surface area contributed by atoms with E-state index in [-0.39, 0.29) is 24.2 Å². The summed E-state index contributed by atoms with van der Waals surface area (Å²) in [5, 5.41) is 3.89. The summed E-state index contributed by atoms with van der Waals surface area (Å²) >= 11 is 0. The van der Waals surface area contributed by atoms with Crippen molar-refractivity contribution in [1.29, 1.82) is 0 Å². The van der Waals surface area contributed by atoms with Crippen LogP contribution in [0, 0.1) is 0 Å². The fourth-order valence-electron chi connectivity index (χ4n) is 4.92. The fraction of sp³-hybridized carbons (Fsp3) is 0.333. The second-order valence-corrected chi connectivity index (χ2v) is 11.6. The molecule has 4 rings (SSSR count). The lowest BCUT2D eigenvalue weighted by Gasteiger charge is -2.44. The molecule has 4 nitrogen and oxygen atoms in total. The Balaban J connectivity index is 1.95. The van der Waals surface area contributed by atoms with Gasteiger partial charge in [-0.05, 0) is 36.4 Å². The zero-order chi connectivity index (χ0) is 22.4. The van der Waals surface area contributed by atoms with Crippen molar-refractivity contribution in [3.05, 3.63) is 91.0 Å². The van der Waals surface area contributed by atoms with Crippen LogP contribution >= 0.6 is 7.26 Å². The van der Waals surface area contributed by atoms with E-state index in [0.29, 0.717) is 6.61 Å². The van der Waals surface area contributed by atoms with Crippen LogP contribution in [-0.2, 0) is 18.9 Å². The van der Waals surface area contributed by atoms with Crippen molar-refractivity contribution in [2.24, 2.45) is 0 Å². The van der Waals surface area contributed by atoms with Crippen LogP contribution in [0.1, 0.15) is 6.42 Å². The molecule has 0 bridgehead atoms. The molecule has 3 aromatic carbocycles. The fourth-order valence-corrected chi connectivity index (χ4v) is 9.61. The smallest absolute Gasteiger partial charge is 0.184 e. The standard InChI is InChI=1S/C27H32O4P/c1-28-20-25-27(30-3)24(29-2)19-26(31-25)32(21-13-7-4-8-14-21,22-15-9-5-10-16-22)23-17-11-6-12-18-23/h4-18,24-27H,19-20H2,1-3H3/q+1. The third-order valence-corrected chi connectivity index (χ3v) is 10.9. The first kappa shape index (κ1) is 23.1. The first-order chi connectivity index (χ1) is 15.7. The van der Waals surface area contributed by atoms with Crippen molar-refractivity contribution in [2.45, 2.75) is 30.6 Å². The molecule has 0 saturated carbocycles. The van der Waals surface area contributed by atoms with Crippen LogP contribution in [-0.4, -0.2) is 52.1 Å². The number of hydrogen-bond acceptors (Lipinski definition) is 4. The number of rotatable bonds is 8. The first-order valence-corrected chi connectivity index (χ1v) is 12.9. The molecule has 3 aromatic rings. The Morgan fingerprint density at radius 1 is 0.719 bits per heavy atom. The summed E-state index contributed by atoms with van der Waals surface area (Å²) in [6.45, 7) is 0.452. The van der Waals surface area contributed by atoms with E-state index in [1.807, 2.05) is 0 Å². The molecular formula is C27H32O4P+. The molecule has 0 N–H and O–H groups in total. The van der Waals surface area contributed by atoms with Gasteiger partial charge in [0.25, 0.3) is 0 Å². The van der Waals surface area contributed by atoms with Crippen LogP contribution in [0.4, 0.5) is 0 Å². The predicted octanol–water partition coefficient (Wildman–Crippen LogP) is 3.77. The van der Waals surface area contributed by atoms with E-state index < -0.39 is 7.26 Å². The Labute approximate surface area is 191 Å². The molecule has 0 amide bonds. The van der Waals surface area contributed by atoms with Crippen molar-refractivity contribution < 1.29 is 18.9 Å². The SMILES string of the molecule is COCC1OC([P+](c2ccccc2)(c2ccccc2)c2ccccc2)CC(OC)C1OC. The van der Waals surface area contributed by atoms with Gasteiger partial charge in [-0.15, -0.1) is 0 Å². The van der Waals surface area contributed by atoms with Crippen molar-refractivity contribution in [3.8, 4) is 0 Å². The molecule has 1 saturated heterocycles. The Morgan fingerprint density at radius 2 is 1.19 bits per heavy atom. The molecule has 0 radical (unpaired) electrons. The van der Waals surface area contributed by atoms with Gasteiger partial charge in [0.2, 0.25) is 0 Å². The summed E-state index contributed by atoms with van der Waals surface area (Å²) in [6.07, 6.45) is 0.251. The molecular weight excluding hydrogens is 419 g/mol. The molecule has 0 aromatic heterocycles. The van der Waals surface area contributed by atoms with Crippen LogP contribution < -0.4 is 15.9 Å². The number of methoxy groups -OCH3 is 3. The third kappa shape index (κ3) is 4.26. The number of hydrogen-bond donors (Lipinski definition) is 0. The second kappa shape index (κ2) is 10.7. The van der Waals surface area contributed by atoms with Gasteiger partial charge in [-0.1, -0.05) is 54.6 Å². The topological polar surface area (TPSA) is 36.9 Å². The molecule has 0 aliphatic carbocycles. The van der Waals surface area contributed by atoms with Gasteiger partial charge in [0.05, 0.1) is 12.7 Å². The van der Waals surface area contributed by atoms with Crippen LogP contribution in [0.25, 0.3) is 0 Å². The minimum absolute atomic E-state index is 0.0776. The maximum Gasteiger partial charge on any atom is 0.184 e. The maximum absolute atomic E-state index is 6.91. The maximum atomic E-state index is 6.91. The molecule has 4 atom stereocenters. The van der Waals surface area contributed by atoms with Gasteiger partial charge in [0.15, 0.2) is 5.85 Å². The van der Waals surface area contributed by atoms with Crippen molar-refractivity contribution in [3.63, 3.8) is 0 Å². The van der Waals surface area contributed by atoms with Gasteiger partial charge in [-0.25, -0.2) is 0 Å². The lowest BCUT2D eigenvalue weighted by Crippen LogP contribution is -2.55. The minimum Gasteiger partial charge on any atom is -0.382 e. The Bertz CT molecular complexity index is 855. The summed E-state index contributed by atoms with van der Waals surface area (Å²) < 4.78 is 24.2. The lowest BCUT2D eigenvalue weighted by atomic mass is 10.0. The average Bonchev–Trinajstić information content (AvgIpc) is 2.86. The van der Waals surface area contributed by atoms with Crippen molar-refractivity contribution in [1.82, 2.24) is 0 Å². The first-order valence-electron chi connectivity index (χ1n) is 11.0. The highest BCUT2D eigenvalue weighted by atomic mass is 31.2. The van der Waals surface area contributed by atoms with Gasteiger partial charge in [-0.2, -0.15) is 0 Å². The van der Waals surface area contributed by atoms with Gasteiger partial charge >= 0.3 is 0 Å². The van der Waals surface area contributed by atoms with Gasteiger partial charge in [-0.3, -0.25) is 0 Å². The van der Waals surface area contributed by atoms with Crippen molar-refractivity contribution >= 4 is 23.2 Å². The largest absolute Gasteiger partial charge is 0.382 e. The molecule has 4 unspecified atom stereocenters. The van der Waals surface area contributed by atoms with Gasteiger partial charge in [0.1, 0.15) is 35.4 Å². The van der Waals surface area contributed by atoms with Crippen LogP contribution in [0.3, 0.4) is 0 Å². The molecule has 32 heavy (non-hydrogen) atoms. The van der Waals surface area contributed by atoms with Crippen LogP contribution in [0.15, 0.2) is 91.0 Å². The number of ether oxygens (including phenoxy) is 4. The van der Waals surface area contributed by atoms with E-state index in [1.54, 1.807) is 21.3 Å². The van der Waals surface area contributed by atoms with Gasteiger partial charge < -0.3 is 18.9 Å². The third-order valence-electron chi connectivity index (χ3n) is 6.33.